The minimum absolute atomic E-state index is 0.0804. The van der Waals surface area contributed by atoms with E-state index in [-0.39, 0.29) is 5.91 Å². The zero-order chi connectivity index (χ0) is 14.3. The van der Waals surface area contributed by atoms with Crippen molar-refractivity contribution in [2.24, 2.45) is 0 Å². The van der Waals surface area contributed by atoms with Crippen molar-refractivity contribution in [2.45, 2.75) is 13.8 Å². The van der Waals surface area contributed by atoms with Crippen molar-refractivity contribution in [3.05, 3.63) is 63.7 Å². The van der Waals surface area contributed by atoms with Gasteiger partial charge in [-0.25, -0.2) is 0 Å². The highest BCUT2D eigenvalue weighted by molar-refractivity contribution is 6.36. The van der Waals surface area contributed by atoms with Gasteiger partial charge in [-0.05, 0) is 43.2 Å². The highest BCUT2D eigenvalue weighted by Crippen LogP contribution is 2.35. The molecule has 20 heavy (non-hydrogen) atoms. The van der Waals surface area contributed by atoms with Crippen LogP contribution >= 0.6 is 11.6 Å². The Bertz CT molecular complexity index is 747. The Hall–Kier alpha value is -2.06. The number of hydrogen-bond donors (Lipinski definition) is 1. The molecule has 1 heterocycles. The van der Waals surface area contributed by atoms with Gasteiger partial charge in [0, 0.05) is 16.2 Å². The van der Waals surface area contributed by atoms with E-state index in [1.165, 1.54) is 5.56 Å². The summed E-state index contributed by atoms with van der Waals surface area (Å²) in [5.41, 5.74) is 5.76. The second kappa shape index (κ2) is 4.80. The van der Waals surface area contributed by atoms with Crippen LogP contribution in [0.4, 0.5) is 5.69 Å². The number of aryl methyl sites for hydroxylation is 2. The second-order valence-electron chi connectivity index (χ2n) is 5.06. The number of carbonyl (C=O) groups excluding carboxylic acids is 1. The van der Waals surface area contributed by atoms with E-state index in [0.29, 0.717) is 10.6 Å². The van der Waals surface area contributed by atoms with Crippen LogP contribution in [0.15, 0.2) is 36.4 Å². The monoisotopic (exact) mass is 283 g/mol. The molecule has 2 aromatic rings. The lowest BCUT2D eigenvalue weighted by Crippen LogP contribution is -2.03. The Morgan fingerprint density at radius 1 is 1.10 bits per heavy atom. The number of anilines is 1. The van der Waals surface area contributed by atoms with Crippen LogP contribution in [-0.4, -0.2) is 5.91 Å². The smallest absolute Gasteiger partial charge is 0.256 e. The second-order valence-corrected chi connectivity index (χ2v) is 5.50. The molecule has 1 aliphatic rings. The summed E-state index contributed by atoms with van der Waals surface area (Å²) in [7, 11) is 0. The third kappa shape index (κ3) is 2.23. The Balaban J connectivity index is 2.13. The summed E-state index contributed by atoms with van der Waals surface area (Å²) in [5, 5.41) is 3.47. The lowest BCUT2D eigenvalue weighted by molar-refractivity contribution is -0.110. The zero-order valence-corrected chi connectivity index (χ0v) is 12.1. The van der Waals surface area contributed by atoms with Gasteiger partial charge >= 0.3 is 0 Å². The number of hydrogen-bond acceptors (Lipinski definition) is 1. The molecule has 3 heteroatoms. The predicted octanol–water partition coefficient (Wildman–Crippen LogP) is 4.45. The van der Waals surface area contributed by atoms with Crippen LogP contribution in [0.25, 0.3) is 11.6 Å². The van der Waals surface area contributed by atoms with Gasteiger partial charge < -0.3 is 5.32 Å². The summed E-state index contributed by atoms with van der Waals surface area (Å²) in [4.78, 5) is 12.1. The lowest BCUT2D eigenvalue weighted by atomic mass is 10.00. The van der Waals surface area contributed by atoms with Crippen LogP contribution in [0.3, 0.4) is 0 Å². The summed E-state index contributed by atoms with van der Waals surface area (Å²) in [6, 6.07) is 11.7. The first kappa shape index (κ1) is 12.9. The van der Waals surface area contributed by atoms with Crippen LogP contribution in [0.5, 0.6) is 0 Å². The minimum atomic E-state index is -0.0804. The van der Waals surface area contributed by atoms with E-state index in [1.807, 2.05) is 26.0 Å². The molecule has 1 aliphatic heterocycles. The van der Waals surface area contributed by atoms with Gasteiger partial charge in [-0.1, -0.05) is 41.4 Å². The van der Waals surface area contributed by atoms with Gasteiger partial charge in [0.1, 0.15) is 0 Å². The Labute approximate surface area is 123 Å². The maximum absolute atomic E-state index is 12.1. The van der Waals surface area contributed by atoms with Crippen molar-refractivity contribution in [3.63, 3.8) is 0 Å². The normalized spacial score (nSPS) is 15.3. The summed E-state index contributed by atoms with van der Waals surface area (Å²) in [6.45, 7) is 4.09. The number of fused-ring (bicyclic) bond motifs is 1. The third-order valence-electron chi connectivity index (χ3n) is 3.50. The summed E-state index contributed by atoms with van der Waals surface area (Å²) >= 11 is 5.95. The molecule has 0 radical (unpaired) electrons. The molecule has 0 spiro atoms. The molecular formula is C17H14ClNO. The minimum Gasteiger partial charge on any atom is -0.321 e. The maximum Gasteiger partial charge on any atom is 0.256 e. The molecule has 0 saturated heterocycles. The molecule has 0 saturated carbocycles. The topological polar surface area (TPSA) is 29.1 Å². The molecule has 0 unspecified atom stereocenters. The number of amides is 1. The highest BCUT2D eigenvalue weighted by Gasteiger charge is 2.24. The average molecular weight is 284 g/mol. The third-order valence-corrected chi connectivity index (χ3v) is 3.73. The van der Waals surface area contributed by atoms with Crippen LogP contribution in [-0.2, 0) is 4.79 Å². The standard InChI is InChI=1S/C17H14ClNO/c1-10-3-4-11(2)12(7-10)8-15-14-6-5-13(18)9-16(14)19-17(15)20/h3-9H,1-2H3,(H,19,20)/b15-8+. The van der Waals surface area contributed by atoms with Crippen LogP contribution in [0, 0.1) is 13.8 Å². The van der Waals surface area contributed by atoms with Gasteiger partial charge in [0.05, 0.1) is 5.69 Å². The maximum atomic E-state index is 12.1. The quantitative estimate of drug-likeness (QED) is 0.770. The molecule has 0 aliphatic carbocycles. The largest absolute Gasteiger partial charge is 0.321 e. The molecule has 0 bridgehead atoms. The van der Waals surface area contributed by atoms with Crippen molar-refractivity contribution >= 4 is 34.8 Å². The molecule has 3 rings (SSSR count). The lowest BCUT2D eigenvalue weighted by Gasteiger charge is -2.04. The number of nitrogens with one attached hydrogen (secondary N) is 1. The summed E-state index contributed by atoms with van der Waals surface area (Å²) < 4.78 is 0. The van der Waals surface area contributed by atoms with Crippen LogP contribution < -0.4 is 5.32 Å². The molecule has 2 nitrogen and oxygen atoms in total. The van der Waals surface area contributed by atoms with Gasteiger partial charge in [-0.3, -0.25) is 4.79 Å². The Kier molecular flexibility index (Phi) is 3.11. The highest BCUT2D eigenvalue weighted by atomic mass is 35.5. The molecule has 0 fully saturated rings. The van der Waals surface area contributed by atoms with Crippen molar-refractivity contribution in [3.8, 4) is 0 Å². The predicted molar refractivity (Wildman–Crippen MR) is 83.9 cm³/mol. The van der Waals surface area contributed by atoms with Gasteiger partial charge in [0.25, 0.3) is 5.91 Å². The molecule has 2 aromatic carbocycles. The first-order chi connectivity index (χ1) is 9.54. The van der Waals surface area contributed by atoms with E-state index in [1.54, 1.807) is 12.1 Å². The Morgan fingerprint density at radius 3 is 2.70 bits per heavy atom. The fourth-order valence-electron chi connectivity index (χ4n) is 2.38. The fraction of sp³-hybridized carbons (Fsp3) is 0.118. The van der Waals surface area contributed by atoms with Gasteiger partial charge in [-0.2, -0.15) is 0 Å². The number of carbonyl (C=O) groups is 1. The number of rotatable bonds is 1. The van der Waals surface area contributed by atoms with E-state index in [0.717, 1.165) is 22.4 Å². The zero-order valence-electron chi connectivity index (χ0n) is 11.3. The Morgan fingerprint density at radius 2 is 1.90 bits per heavy atom. The van der Waals surface area contributed by atoms with E-state index >= 15 is 0 Å². The first-order valence-electron chi connectivity index (χ1n) is 6.45. The first-order valence-corrected chi connectivity index (χ1v) is 6.82. The van der Waals surface area contributed by atoms with Gasteiger partial charge in [0.15, 0.2) is 0 Å². The van der Waals surface area contributed by atoms with Crippen molar-refractivity contribution in [2.75, 3.05) is 5.32 Å². The van der Waals surface area contributed by atoms with E-state index in [2.05, 4.69) is 23.5 Å². The molecule has 0 atom stereocenters. The average Bonchev–Trinajstić information content (AvgIpc) is 2.69. The SMILES string of the molecule is Cc1ccc(C)c(/C=C2/C(=O)Nc3cc(Cl)ccc32)c1. The summed E-state index contributed by atoms with van der Waals surface area (Å²) in [6.07, 6.45) is 1.94. The number of halogens is 1. The summed E-state index contributed by atoms with van der Waals surface area (Å²) in [5.74, 6) is -0.0804. The molecule has 1 N–H and O–H groups in total. The molecule has 100 valence electrons. The van der Waals surface area contributed by atoms with Crippen molar-refractivity contribution in [1.29, 1.82) is 0 Å². The number of benzene rings is 2. The van der Waals surface area contributed by atoms with E-state index in [4.69, 9.17) is 11.6 Å². The van der Waals surface area contributed by atoms with Crippen LogP contribution in [0.2, 0.25) is 5.02 Å². The van der Waals surface area contributed by atoms with E-state index in [9.17, 15) is 4.79 Å². The molecular weight excluding hydrogens is 270 g/mol. The van der Waals surface area contributed by atoms with E-state index < -0.39 is 0 Å². The fourth-order valence-corrected chi connectivity index (χ4v) is 2.55. The van der Waals surface area contributed by atoms with Crippen LogP contribution in [0.1, 0.15) is 22.3 Å². The van der Waals surface area contributed by atoms with Gasteiger partial charge in [-0.15, -0.1) is 0 Å². The van der Waals surface area contributed by atoms with Crippen molar-refractivity contribution in [1.82, 2.24) is 0 Å². The van der Waals surface area contributed by atoms with Crippen molar-refractivity contribution < 1.29 is 4.79 Å². The molecule has 0 aromatic heterocycles. The van der Waals surface area contributed by atoms with Gasteiger partial charge in [0.2, 0.25) is 0 Å². The molecule has 1 amide bonds.